The SMILES string of the molecule is CC[NH+](CC(=O)NC(C)C)CC(=O)N[C@@H](Cc1ccccc1)c1ccccc1. The Bertz CT molecular complexity index is 732. The first-order valence-electron chi connectivity index (χ1n) is 9.99. The van der Waals surface area contributed by atoms with Gasteiger partial charge in [0, 0.05) is 6.04 Å². The van der Waals surface area contributed by atoms with Crippen LogP contribution in [-0.4, -0.2) is 37.5 Å². The van der Waals surface area contributed by atoms with E-state index >= 15 is 0 Å². The summed E-state index contributed by atoms with van der Waals surface area (Å²) in [6, 6.07) is 20.2. The van der Waals surface area contributed by atoms with Gasteiger partial charge < -0.3 is 15.5 Å². The number of rotatable bonds is 10. The average Bonchev–Trinajstić information content (AvgIpc) is 2.67. The van der Waals surface area contributed by atoms with E-state index in [0.717, 1.165) is 16.9 Å². The predicted octanol–water partition coefficient (Wildman–Crippen LogP) is 1.52. The van der Waals surface area contributed by atoms with Crippen LogP contribution in [0.25, 0.3) is 0 Å². The highest BCUT2D eigenvalue weighted by molar-refractivity contribution is 5.79. The van der Waals surface area contributed by atoms with E-state index in [2.05, 4.69) is 22.8 Å². The fourth-order valence-corrected chi connectivity index (χ4v) is 3.17. The first-order valence-corrected chi connectivity index (χ1v) is 9.99. The summed E-state index contributed by atoms with van der Waals surface area (Å²) in [5, 5.41) is 6.06. The van der Waals surface area contributed by atoms with Crippen molar-refractivity contribution < 1.29 is 14.5 Å². The summed E-state index contributed by atoms with van der Waals surface area (Å²) in [5.74, 6) is -0.0671. The van der Waals surface area contributed by atoms with Crippen LogP contribution in [0.15, 0.2) is 60.7 Å². The van der Waals surface area contributed by atoms with Crippen LogP contribution in [0.1, 0.15) is 37.9 Å². The number of hydrogen-bond acceptors (Lipinski definition) is 2. The zero-order valence-corrected chi connectivity index (χ0v) is 17.1. The number of carbonyl (C=O) groups excluding carboxylic acids is 2. The van der Waals surface area contributed by atoms with Crippen molar-refractivity contribution in [2.75, 3.05) is 19.6 Å². The van der Waals surface area contributed by atoms with E-state index in [1.165, 1.54) is 5.56 Å². The van der Waals surface area contributed by atoms with Crippen molar-refractivity contribution in [3.8, 4) is 0 Å². The molecule has 0 saturated heterocycles. The van der Waals surface area contributed by atoms with Gasteiger partial charge in [-0.2, -0.15) is 0 Å². The molecule has 2 atom stereocenters. The summed E-state index contributed by atoms with van der Waals surface area (Å²) in [6.07, 6.45) is 0.728. The third-order valence-corrected chi connectivity index (χ3v) is 4.59. The maximum absolute atomic E-state index is 12.7. The van der Waals surface area contributed by atoms with Crippen molar-refractivity contribution in [1.82, 2.24) is 10.6 Å². The molecule has 1 unspecified atom stereocenters. The molecule has 0 aliphatic carbocycles. The first kappa shape index (κ1) is 21.6. The Hall–Kier alpha value is -2.66. The zero-order chi connectivity index (χ0) is 20.4. The lowest BCUT2D eigenvalue weighted by atomic mass is 9.99. The van der Waals surface area contributed by atoms with E-state index in [1.54, 1.807) is 0 Å². The Balaban J connectivity index is 2.02. The largest absolute Gasteiger partial charge is 0.349 e. The molecule has 5 heteroatoms. The molecule has 28 heavy (non-hydrogen) atoms. The molecule has 0 saturated carbocycles. The van der Waals surface area contributed by atoms with Crippen molar-refractivity contribution in [1.29, 1.82) is 0 Å². The van der Waals surface area contributed by atoms with Gasteiger partial charge in [0.1, 0.15) is 0 Å². The van der Waals surface area contributed by atoms with Gasteiger partial charge in [-0.05, 0) is 38.3 Å². The maximum Gasteiger partial charge on any atom is 0.275 e. The molecule has 2 amide bonds. The van der Waals surface area contributed by atoms with Gasteiger partial charge in [-0.3, -0.25) is 9.59 Å². The summed E-state index contributed by atoms with van der Waals surface area (Å²) < 4.78 is 0. The molecule has 150 valence electrons. The van der Waals surface area contributed by atoms with E-state index in [0.29, 0.717) is 13.1 Å². The van der Waals surface area contributed by atoms with E-state index in [1.807, 2.05) is 69.3 Å². The number of nitrogens with one attached hydrogen (secondary N) is 3. The quantitative estimate of drug-likeness (QED) is 0.583. The summed E-state index contributed by atoms with van der Waals surface area (Å²) in [5.41, 5.74) is 2.25. The third-order valence-electron chi connectivity index (χ3n) is 4.59. The van der Waals surface area contributed by atoms with E-state index in [-0.39, 0.29) is 30.4 Å². The zero-order valence-electron chi connectivity index (χ0n) is 17.1. The molecule has 0 radical (unpaired) electrons. The summed E-state index contributed by atoms with van der Waals surface area (Å²) in [4.78, 5) is 25.7. The Labute approximate surface area is 168 Å². The molecule has 2 aromatic rings. The smallest absolute Gasteiger partial charge is 0.275 e. The molecule has 3 N–H and O–H groups in total. The standard InChI is InChI=1S/C23H31N3O2/c1-4-26(16-22(27)24-18(2)3)17-23(28)25-21(20-13-9-6-10-14-20)15-19-11-7-5-8-12-19/h5-14,18,21H,4,15-17H2,1-3H3,(H,24,27)(H,25,28)/p+1/t21-/m0/s1. The Kier molecular flexibility index (Phi) is 8.69. The second-order valence-corrected chi connectivity index (χ2v) is 7.40. The number of carbonyl (C=O) groups is 2. The third kappa shape index (κ3) is 7.53. The number of amides is 2. The highest BCUT2D eigenvalue weighted by atomic mass is 16.2. The van der Waals surface area contributed by atoms with E-state index in [9.17, 15) is 9.59 Å². The summed E-state index contributed by atoms with van der Waals surface area (Å²) >= 11 is 0. The minimum Gasteiger partial charge on any atom is -0.349 e. The molecule has 5 nitrogen and oxygen atoms in total. The van der Waals surface area contributed by atoms with E-state index in [4.69, 9.17) is 0 Å². The van der Waals surface area contributed by atoms with Crippen LogP contribution in [0.5, 0.6) is 0 Å². The second kappa shape index (κ2) is 11.2. The Morgan fingerprint density at radius 1 is 0.857 bits per heavy atom. The predicted molar refractivity (Wildman–Crippen MR) is 112 cm³/mol. The van der Waals surface area contributed by atoms with Crippen molar-refractivity contribution in [2.24, 2.45) is 0 Å². The van der Waals surface area contributed by atoms with Crippen LogP contribution in [0.2, 0.25) is 0 Å². The molecule has 2 aromatic carbocycles. The lowest BCUT2D eigenvalue weighted by Crippen LogP contribution is -3.14. The average molecular weight is 383 g/mol. The highest BCUT2D eigenvalue weighted by Crippen LogP contribution is 2.18. The molecule has 0 aliphatic rings. The number of hydrogen-bond donors (Lipinski definition) is 3. The van der Waals surface area contributed by atoms with Crippen LogP contribution >= 0.6 is 0 Å². The summed E-state index contributed by atoms with van der Waals surface area (Å²) in [6.45, 7) is 7.16. The molecular formula is C23H32N3O2+. The van der Waals surface area contributed by atoms with Gasteiger partial charge in [-0.25, -0.2) is 0 Å². The van der Waals surface area contributed by atoms with Gasteiger partial charge in [0.25, 0.3) is 11.8 Å². The lowest BCUT2D eigenvalue weighted by Gasteiger charge is -2.22. The number of likely N-dealkylation sites (N-methyl/N-ethyl adjacent to an activating group) is 1. The highest BCUT2D eigenvalue weighted by Gasteiger charge is 2.20. The number of quaternary nitrogens is 1. The first-order chi connectivity index (χ1) is 13.5. The molecule has 0 spiro atoms. The normalized spacial score (nSPS) is 13.0. The van der Waals surface area contributed by atoms with Crippen LogP contribution in [0.3, 0.4) is 0 Å². The molecule has 0 heterocycles. The molecule has 0 fully saturated rings. The van der Waals surface area contributed by atoms with Gasteiger partial charge in [0.05, 0.1) is 12.6 Å². The fraction of sp³-hybridized carbons (Fsp3) is 0.391. The van der Waals surface area contributed by atoms with Gasteiger partial charge in [0.2, 0.25) is 0 Å². The molecule has 0 bridgehead atoms. The topological polar surface area (TPSA) is 62.6 Å². The molecular weight excluding hydrogens is 350 g/mol. The van der Waals surface area contributed by atoms with Gasteiger partial charge in [0.15, 0.2) is 13.1 Å². The van der Waals surface area contributed by atoms with Crippen molar-refractivity contribution in [3.63, 3.8) is 0 Å². The summed E-state index contributed by atoms with van der Waals surface area (Å²) in [7, 11) is 0. The Morgan fingerprint density at radius 3 is 1.93 bits per heavy atom. The van der Waals surface area contributed by atoms with Crippen LogP contribution in [-0.2, 0) is 16.0 Å². The minimum atomic E-state index is -0.0984. The molecule has 0 aromatic heterocycles. The van der Waals surface area contributed by atoms with Crippen LogP contribution in [0.4, 0.5) is 0 Å². The lowest BCUT2D eigenvalue weighted by molar-refractivity contribution is -0.881. The minimum absolute atomic E-state index is 0.0245. The monoisotopic (exact) mass is 382 g/mol. The maximum atomic E-state index is 12.7. The van der Waals surface area contributed by atoms with Crippen LogP contribution < -0.4 is 15.5 Å². The molecule has 2 rings (SSSR count). The molecule has 0 aliphatic heterocycles. The Morgan fingerprint density at radius 2 is 1.39 bits per heavy atom. The van der Waals surface area contributed by atoms with Crippen LogP contribution in [0, 0.1) is 0 Å². The van der Waals surface area contributed by atoms with Crippen molar-refractivity contribution in [2.45, 2.75) is 39.3 Å². The van der Waals surface area contributed by atoms with Gasteiger partial charge >= 0.3 is 0 Å². The van der Waals surface area contributed by atoms with Crippen molar-refractivity contribution in [3.05, 3.63) is 71.8 Å². The number of benzene rings is 2. The van der Waals surface area contributed by atoms with Gasteiger partial charge in [-0.1, -0.05) is 60.7 Å². The van der Waals surface area contributed by atoms with Crippen molar-refractivity contribution >= 4 is 11.8 Å². The van der Waals surface area contributed by atoms with Gasteiger partial charge in [-0.15, -0.1) is 0 Å². The van der Waals surface area contributed by atoms with E-state index < -0.39 is 0 Å². The second-order valence-electron chi connectivity index (χ2n) is 7.40. The fourth-order valence-electron chi connectivity index (χ4n) is 3.17.